The van der Waals surface area contributed by atoms with Gasteiger partial charge in [-0.25, -0.2) is 9.37 Å². The number of hydrogen-bond acceptors (Lipinski definition) is 3. The molecule has 20 heavy (non-hydrogen) atoms. The molecule has 1 aromatic heterocycles. The number of aromatic amines is 1. The van der Waals surface area contributed by atoms with Crippen molar-refractivity contribution < 1.29 is 13.9 Å². The zero-order valence-electron chi connectivity index (χ0n) is 11.3. The van der Waals surface area contributed by atoms with Crippen LogP contribution in [0.5, 0.6) is 5.75 Å². The summed E-state index contributed by atoms with van der Waals surface area (Å²) in [7, 11) is 0. The Kier molecular flexibility index (Phi) is 4.02. The molecule has 0 radical (unpaired) electrons. The lowest BCUT2D eigenvalue weighted by atomic mass is 10.1. The van der Waals surface area contributed by atoms with Crippen LogP contribution in [0.1, 0.15) is 19.5 Å². The van der Waals surface area contributed by atoms with Crippen molar-refractivity contribution in [3.63, 3.8) is 0 Å². The van der Waals surface area contributed by atoms with Crippen molar-refractivity contribution in [2.24, 2.45) is 0 Å². The smallest absolute Gasteiger partial charge is 0.263 e. The van der Waals surface area contributed by atoms with Crippen LogP contribution < -0.4 is 10.1 Å². The molecule has 0 bridgehead atoms. The van der Waals surface area contributed by atoms with E-state index in [-0.39, 0.29) is 11.7 Å². The quantitative estimate of drug-likeness (QED) is 0.878. The van der Waals surface area contributed by atoms with Crippen LogP contribution in [0.3, 0.4) is 0 Å². The van der Waals surface area contributed by atoms with Crippen molar-refractivity contribution in [2.45, 2.75) is 26.0 Å². The summed E-state index contributed by atoms with van der Waals surface area (Å²) in [6, 6.07) is 5.54. The van der Waals surface area contributed by atoms with E-state index in [1.54, 1.807) is 26.4 Å². The van der Waals surface area contributed by atoms with Gasteiger partial charge in [0.15, 0.2) is 5.60 Å². The Morgan fingerprint density at radius 2 is 2.10 bits per heavy atom. The first-order valence-corrected chi connectivity index (χ1v) is 6.17. The predicted molar refractivity (Wildman–Crippen MR) is 71.5 cm³/mol. The van der Waals surface area contributed by atoms with Crippen LogP contribution in [0, 0.1) is 5.82 Å². The molecule has 106 valence electrons. The number of aromatic nitrogens is 2. The van der Waals surface area contributed by atoms with E-state index < -0.39 is 5.60 Å². The zero-order chi connectivity index (χ0) is 14.6. The van der Waals surface area contributed by atoms with Gasteiger partial charge in [0.05, 0.1) is 18.6 Å². The minimum atomic E-state index is -1.06. The van der Waals surface area contributed by atoms with Gasteiger partial charge < -0.3 is 15.0 Å². The molecule has 0 aliphatic rings. The van der Waals surface area contributed by atoms with Crippen LogP contribution in [-0.2, 0) is 11.3 Å². The van der Waals surface area contributed by atoms with Crippen LogP contribution in [0.2, 0.25) is 0 Å². The van der Waals surface area contributed by atoms with Gasteiger partial charge >= 0.3 is 0 Å². The molecule has 0 unspecified atom stereocenters. The highest BCUT2D eigenvalue weighted by atomic mass is 19.1. The third kappa shape index (κ3) is 3.57. The second kappa shape index (κ2) is 5.73. The molecule has 0 aliphatic carbocycles. The Bertz CT molecular complexity index is 565. The molecule has 0 spiro atoms. The van der Waals surface area contributed by atoms with Gasteiger partial charge in [-0.05, 0) is 38.1 Å². The zero-order valence-corrected chi connectivity index (χ0v) is 11.3. The lowest BCUT2D eigenvalue weighted by Crippen LogP contribution is -2.46. The maximum Gasteiger partial charge on any atom is 0.263 e. The van der Waals surface area contributed by atoms with Gasteiger partial charge in [-0.15, -0.1) is 0 Å². The Balaban J connectivity index is 1.94. The average Bonchev–Trinajstić information content (AvgIpc) is 2.91. The van der Waals surface area contributed by atoms with E-state index in [1.165, 1.54) is 24.3 Å². The van der Waals surface area contributed by atoms with Crippen molar-refractivity contribution >= 4 is 5.91 Å². The Labute approximate surface area is 116 Å². The van der Waals surface area contributed by atoms with Crippen LogP contribution in [0.4, 0.5) is 4.39 Å². The summed E-state index contributed by atoms with van der Waals surface area (Å²) >= 11 is 0. The van der Waals surface area contributed by atoms with Gasteiger partial charge in [-0.3, -0.25) is 4.79 Å². The number of imidazole rings is 1. The molecule has 6 heteroatoms. The summed E-state index contributed by atoms with van der Waals surface area (Å²) in [5.41, 5.74) is -0.256. The Morgan fingerprint density at radius 1 is 1.40 bits per heavy atom. The molecule has 2 aromatic rings. The number of halogens is 1. The second-order valence-electron chi connectivity index (χ2n) is 4.83. The fraction of sp³-hybridized carbons (Fsp3) is 0.286. The lowest BCUT2D eigenvalue weighted by molar-refractivity contribution is -0.134. The maximum atomic E-state index is 12.8. The summed E-state index contributed by atoms with van der Waals surface area (Å²) in [5.74, 6) is -0.177. The number of carbonyl (C=O) groups is 1. The fourth-order valence-corrected chi connectivity index (χ4v) is 1.61. The molecule has 2 rings (SSSR count). The highest BCUT2D eigenvalue weighted by molar-refractivity contribution is 5.84. The van der Waals surface area contributed by atoms with Crippen molar-refractivity contribution in [3.8, 4) is 5.75 Å². The number of ether oxygens (including phenoxy) is 1. The standard InChI is InChI=1S/C14H16FN3O2/c1-14(2,20-12-5-3-10(15)4-6-12)13(19)17-8-11-7-16-9-18-11/h3-7,9H,8H2,1-2H3,(H,16,18)(H,17,19). The van der Waals surface area contributed by atoms with E-state index in [0.717, 1.165) is 5.69 Å². The molecule has 0 saturated heterocycles. The van der Waals surface area contributed by atoms with Crippen molar-refractivity contribution in [2.75, 3.05) is 0 Å². The number of amides is 1. The third-order valence-corrected chi connectivity index (χ3v) is 2.73. The van der Waals surface area contributed by atoms with Gasteiger partial charge in [0.1, 0.15) is 11.6 Å². The SMILES string of the molecule is CC(C)(Oc1ccc(F)cc1)C(=O)NCc1cnc[nH]1. The number of nitrogens with zero attached hydrogens (tertiary/aromatic N) is 1. The molecule has 1 aromatic carbocycles. The molecule has 0 saturated carbocycles. The van der Waals surface area contributed by atoms with E-state index in [0.29, 0.717) is 12.3 Å². The average molecular weight is 277 g/mol. The van der Waals surface area contributed by atoms with E-state index in [9.17, 15) is 9.18 Å². The number of hydrogen-bond donors (Lipinski definition) is 2. The van der Waals surface area contributed by atoms with Gasteiger partial charge in [-0.2, -0.15) is 0 Å². The monoisotopic (exact) mass is 277 g/mol. The van der Waals surface area contributed by atoms with E-state index in [2.05, 4.69) is 15.3 Å². The van der Waals surface area contributed by atoms with E-state index >= 15 is 0 Å². The predicted octanol–water partition coefficient (Wildman–Crippen LogP) is 2.02. The second-order valence-corrected chi connectivity index (χ2v) is 4.83. The minimum absolute atomic E-state index is 0.267. The summed E-state index contributed by atoms with van der Waals surface area (Å²) in [4.78, 5) is 18.8. The first-order valence-electron chi connectivity index (χ1n) is 6.17. The number of H-pyrrole nitrogens is 1. The first kappa shape index (κ1) is 14.0. The highest BCUT2D eigenvalue weighted by Gasteiger charge is 2.29. The Hall–Kier alpha value is -2.37. The summed E-state index contributed by atoms with van der Waals surface area (Å²) in [5, 5.41) is 2.75. The van der Waals surface area contributed by atoms with Crippen LogP contribution in [0.15, 0.2) is 36.8 Å². The molecule has 0 fully saturated rings. The van der Waals surface area contributed by atoms with Crippen LogP contribution in [0.25, 0.3) is 0 Å². The van der Waals surface area contributed by atoms with Gasteiger partial charge in [0.2, 0.25) is 0 Å². The number of rotatable bonds is 5. The van der Waals surface area contributed by atoms with Crippen molar-refractivity contribution in [3.05, 3.63) is 48.3 Å². The first-order chi connectivity index (χ1) is 9.47. The van der Waals surface area contributed by atoms with Crippen molar-refractivity contribution in [1.29, 1.82) is 0 Å². The van der Waals surface area contributed by atoms with Gasteiger partial charge in [-0.1, -0.05) is 0 Å². The summed E-state index contributed by atoms with van der Waals surface area (Å²) in [6.07, 6.45) is 3.18. The molecule has 2 N–H and O–H groups in total. The maximum absolute atomic E-state index is 12.8. The summed E-state index contributed by atoms with van der Waals surface area (Å²) < 4.78 is 18.4. The molecule has 0 atom stereocenters. The largest absolute Gasteiger partial charge is 0.478 e. The van der Waals surface area contributed by atoms with E-state index in [4.69, 9.17) is 4.74 Å². The summed E-state index contributed by atoms with van der Waals surface area (Å²) in [6.45, 7) is 3.65. The normalized spacial score (nSPS) is 11.2. The molecule has 1 amide bonds. The van der Waals surface area contributed by atoms with Crippen LogP contribution in [-0.4, -0.2) is 21.5 Å². The van der Waals surface area contributed by atoms with Gasteiger partial charge in [0.25, 0.3) is 5.91 Å². The molecular weight excluding hydrogens is 261 g/mol. The molecule has 0 aliphatic heterocycles. The third-order valence-electron chi connectivity index (χ3n) is 2.73. The molecule has 1 heterocycles. The molecular formula is C14H16FN3O2. The number of nitrogens with one attached hydrogen (secondary N) is 2. The van der Waals surface area contributed by atoms with Crippen molar-refractivity contribution in [1.82, 2.24) is 15.3 Å². The lowest BCUT2D eigenvalue weighted by Gasteiger charge is -2.25. The minimum Gasteiger partial charge on any atom is -0.478 e. The topological polar surface area (TPSA) is 67.0 Å². The molecule has 5 nitrogen and oxygen atoms in total. The van der Waals surface area contributed by atoms with Crippen LogP contribution >= 0.6 is 0 Å². The van der Waals surface area contributed by atoms with E-state index in [1.807, 2.05) is 0 Å². The Morgan fingerprint density at radius 3 is 2.70 bits per heavy atom. The van der Waals surface area contributed by atoms with Gasteiger partial charge in [0, 0.05) is 6.20 Å². The number of benzene rings is 1. The number of carbonyl (C=O) groups excluding carboxylic acids is 1. The fourth-order valence-electron chi connectivity index (χ4n) is 1.61. The highest BCUT2D eigenvalue weighted by Crippen LogP contribution is 2.19.